The molecule has 0 fully saturated rings. The number of nitrogens with zero attached hydrogens (tertiary/aromatic N) is 2. The predicted octanol–water partition coefficient (Wildman–Crippen LogP) is 1.13. The molecule has 16 heavy (non-hydrogen) atoms. The molecule has 84 valence electrons. The number of nitro groups is 1. The number of ketones is 1. The molecule has 0 aliphatic heterocycles. The van der Waals surface area contributed by atoms with Crippen LogP contribution in [0.15, 0.2) is 12.1 Å². The summed E-state index contributed by atoms with van der Waals surface area (Å²) < 4.78 is 17.0. The molecule has 0 aliphatic carbocycles. The summed E-state index contributed by atoms with van der Waals surface area (Å²) in [6, 6.07) is 2.12. The summed E-state index contributed by atoms with van der Waals surface area (Å²) in [5.74, 6) is -3.34. The fourth-order valence-corrected chi connectivity index (χ4v) is 0.966. The van der Waals surface area contributed by atoms with Crippen LogP contribution in [0.4, 0.5) is 10.1 Å². The van der Waals surface area contributed by atoms with Gasteiger partial charge in [0.25, 0.3) is 17.4 Å². The van der Waals surface area contributed by atoms with Crippen molar-refractivity contribution in [2.75, 3.05) is 7.11 Å². The molecule has 1 heterocycles. The number of carbonyl (C=O) groups excluding carboxylic acids is 1. The van der Waals surface area contributed by atoms with Crippen LogP contribution in [0.25, 0.3) is 0 Å². The zero-order valence-corrected chi connectivity index (χ0v) is 8.06. The topological polar surface area (TPSA) is 106 Å². The fraction of sp³-hybridized carbons (Fsp3) is 0.125. The average Bonchev–Trinajstić information content (AvgIpc) is 2.26. The van der Waals surface area contributed by atoms with Crippen LogP contribution in [0, 0.1) is 15.5 Å². The van der Waals surface area contributed by atoms with Crippen LogP contribution >= 0.6 is 0 Å². The average molecular weight is 227 g/mol. The molecule has 1 N–H and O–H groups in total. The van der Waals surface area contributed by atoms with Gasteiger partial charge in [0.1, 0.15) is 0 Å². The van der Waals surface area contributed by atoms with Crippen LogP contribution in [0.1, 0.15) is 10.5 Å². The summed E-state index contributed by atoms with van der Waals surface area (Å²) in [5.41, 5.74) is -1.43. The van der Waals surface area contributed by atoms with Gasteiger partial charge < -0.3 is 4.74 Å². The van der Waals surface area contributed by atoms with Gasteiger partial charge in [-0.15, -0.1) is 0 Å². The summed E-state index contributed by atoms with van der Waals surface area (Å²) >= 11 is 0. The number of ether oxygens (including phenoxy) is 1. The highest BCUT2D eigenvalue weighted by molar-refractivity contribution is 6.41. The van der Waals surface area contributed by atoms with Crippen LogP contribution in [0.2, 0.25) is 0 Å². The molecule has 0 atom stereocenters. The Bertz CT molecular complexity index is 474. The molecule has 0 saturated heterocycles. The number of carbonyl (C=O) groups is 1. The van der Waals surface area contributed by atoms with E-state index in [4.69, 9.17) is 5.41 Å². The zero-order chi connectivity index (χ0) is 12.3. The standard InChI is InChI=1S/C8H6FN3O4/c1-16-5-3-2-4(12(14)15)6(11-5)7(13)8(9)10/h2-3,10H,1H3. The Labute approximate surface area is 88.5 Å². The van der Waals surface area contributed by atoms with E-state index in [0.717, 1.165) is 12.1 Å². The largest absolute Gasteiger partial charge is 0.481 e. The number of methoxy groups -OCH3 is 1. The van der Waals surface area contributed by atoms with Gasteiger partial charge in [0.2, 0.25) is 5.88 Å². The van der Waals surface area contributed by atoms with Crippen LogP contribution in [-0.2, 0) is 0 Å². The van der Waals surface area contributed by atoms with Gasteiger partial charge in [-0.3, -0.25) is 20.3 Å². The highest BCUT2D eigenvalue weighted by Gasteiger charge is 2.26. The third-order valence-corrected chi connectivity index (χ3v) is 1.67. The van der Waals surface area contributed by atoms with Crippen LogP contribution in [0.3, 0.4) is 0 Å². The van der Waals surface area contributed by atoms with E-state index in [9.17, 15) is 19.3 Å². The lowest BCUT2D eigenvalue weighted by Gasteiger charge is -2.01. The Morgan fingerprint density at radius 3 is 2.69 bits per heavy atom. The number of halogens is 1. The van der Waals surface area contributed by atoms with Crippen LogP contribution in [-0.4, -0.2) is 28.8 Å². The van der Waals surface area contributed by atoms with Gasteiger partial charge in [0, 0.05) is 12.1 Å². The second-order valence-corrected chi connectivity index (χ2v) is 2.62. The van der Waals surface area contributed by atoms with E-state index in [2.05, 4.69) is 9.72 Å². The number of nitrogens with one attached hydrogen (secondary N) is 1. The van der Waals surface area contributed by atoms with E-state index in [1.54, 1.807) is 0 Å². The molecular formula is C8H6FN3O4. The van der Waals surface area contributed by atoms with Crippen molar-refractivity contribution in [1.29, 1.82) is 5.41 Å². The third-order valence-electron chi connectivity index (χ3n) is 1.67. The zero-order valence-electron chi connectivity index (χ0n) is 8.06. The van der Waals surface area contributed by atoms with Gasteiger partial charge in [-0.25, -0.2) is 4.98 Å². The van der Waals surface area contributed by atoms with Crippen molar-refractivity contribution >= 4 is 17.4 Å². The van der Waals surface area contributed by atoms with Gasteiger partial charge >= 0.3 is 0 Å². The van der Waals surface area contributed by atoms with Crippen molar-refractivity contribution < 1.29 is 18.8 Å². The minimum Gasteiger partial charge on any atom is -0.481 e. The fourth-order valence-electron chi connectivity index (χ4n) is 0.966. The Kier molecular flexibility index (Phi) is 3.24. The molecule has 1 aromatic heterocycles. The molecule has 1 rings (SSSR count). The van der Waals surface area contributed by atoms with Crippen LogP contribution < -0.4 is 4.74 Å². The Balaban J connectivity index is 3.36. The number of Topliss-reactive ketones (excluding diaryl/α,β-unsaturated/α-hetero) is 1. The highest BCUT2D eigenvalue weighted by Crippen LogP contribution is 2.20. The third kappa shape index (κ3) is 2.16. The van der Waals surface area contributed by atoms with Crippen molar-refractivity contribution in [1.82, 2.24) is 4.98 Å². The first-order valence-electron chi connectivity index (χ1n) is 3.95. The smallest absolute Gasteiger partial charge is 0.299 e. The van der Waals surface area contributed by atoms with Gasteiger partial charge in [-0.1, -0.05) is 0 Å². The lowest BCUT2D eigenvalue weighted by atomic mass is 10.2. The van der Waals surface area contributed by atoms with Crippen molar-refractivity contribution in [3.05, 3.63) is 27.9 Å². The molecule has 0 aliphatic rings. The summed E-state index contributed by atoms with van der Waals surface area (Å²) in [7, 11) is 1.24. The van der Waals surface area contributed by atoms with Crippen molar-refractivity contribution in [3.8, 4) is 5.88 Å². The monoisotopic (exact) mass is 227 g/mol. The first kappa shape index (κ1) is 11.7. The molecule has 0 amide bonds. The van der Waals surface area contributed by atoms with E-state index in [1.807, 2.05) is 0 Å². The molecule has 8 heteroatoms. The molecular weight excluding hydrogens is 221 g/mol. The highest BCUT2D eigenvalue weighted by atomic mass is 19.1. The molecule has 1 aromatic rings. The summed E-state index contributed by atoms with van der Waals surface area (Å²) in [5, 5.41) is 17.0. The number of pyridine rings is 1. The molecule has 0 radical (unpaired) electrons. The minimum absolute atomic E-state index is 0.0739. The molecule has 0 bridgehead atoms. The summed E-state index contributed by atoms with van der Waals surface area (Å²) in [6.07, 6.45) is 0. The van der Waals surface area contributed by atoms with E-state index in [0.29, 0.717) is 0 Å². The van der Waals surface area contributed by atoms with Crippen molar-refractivity contribution in [3.63, 3.8) is 0 Å². The molecule has 7 nitrogen and oxygen atoms in total. The molecule has 0 spiro atoms. The minimum atomic E-state index is -1.82. The maximum absolute atomic E-state index is 12.4. The SMILES string of the molecule is COc1ccc([N+](=O)[O-])c(C(=O)C(=N)F)n1. The van der Waals surface area contributed by atoms with E-state index in [1.165, 1.54) is 7.11 Å². The number of hydrogen-bond donors (Lipinski definition) is 1. The quantitative estimate of drug-likeness (QED) is 0.359. The van der Waals surface area contributed by atoms with Crippen LogP contribution in [0.5, 0.6) is 5.88 Å². The maximum Gasteiger partial charge on any atom is 0.299 e. The summed E-state index contributed by atoms with van der Waals surface area (Å²) in [4.78, 5) is 24.2. The van der Waals surface area contributed by atoms with E-state index in [-0.39, 0.29) is 5.88 Å². The van der Waals surface area contributed by atoms with Gasteiger partial charge in [-0.2, -0.15) is 4.39 Å². The normalized spacial score (nSPS) is 9.62. The predicted molar refractivity (Wildman–Crippen MR) is 50.6 cm³/mol. The maximum atomic E-state index is 12.4. The molecule has 0 unspecified atom stereocenters. The van der Waals surface area contributed by atoms with E-state index < -0.39 is 28.1 Å². The Morgan fingerprint density at radius 2 is 2.25 bits per heavy atom. The number of rotatable bonds is 4. The first-order valence-corrected chi connectivity index (χ1v) is 3.95. The lowest BCUT2D eigenvalue weighted by Crippen LogP contribution is -2.13. The second-order valence-electron chi connectivity index (χ2n) is 2.62. The number of aromatic nitrogens is 1. The Hall–Kier alpha value is -2.38. The van der Waals surface area contributed by atoms with Gasteiger partial charge in [0.15, 0.2) is 5.69 Å². The van der Waals surface area contributed by atoms with Crippen molar-refractivity contribution in [2.24, 2.45) is 0 Å². The van der Waals surface area contributed by atoms with E-state index >= 15 is 0 Å². The second kappa shape index (κ2) is 4.43. The molecule has 0 aromatic carbocycles. The van der Waals surface area contributed by atoms with Crippen molar-refractivity contribution in [2.45, 2.75) is 0 Å². The van der Waals surface area contributed by atoms with Gasteiger partial charge in [-0.05, 0) is 0 Å². The van der Waals surface area contributed by atoms with Gasteiger partial charge in [0.05, 0.1) is 12.0 Å². The first-order chi connectivity index (χ1) is 7.47. The number of hydrogen-bond acceptors (Lipinski definition) is 6. The lowest BCUT2D eigenvalue weighted by molar-refractivity contribution is -0.385. The Morgan fingerprint density at radius 1 is 1.62 bits per heavy atom. The molecule has 0 saturated carbocycles. The summed E-state index contributed by atoms with van der Waals surface area (Å²) in [6.45, 7) is 0.